The first-order valence-electron chi connectivity index (χ1n) is 5.08. The summed E-state index contributed by atoms with van der Waals surface area (Å²) in [5.74, 6) is 0. The van der Waals surface area contributed by atoms with E-state index in [-0.39, 0.29) is 0 Å². The van der Waals surface area contributed by atoms with Crippen LogP contribution in [0.3, 0.4) is 0 Å². The Morgan fingerprint density at radius 2 is 2.43 bits per heavy atom. The summed E-state index contributed by atoms with van der Waals surface area (Å²) in [5, 5.41) is 11.7. The van der Waals surface area contributed by atoms with Gasteiger partial charge in [-0.1, -0.05) is 0 Å². The van der Waals surface area contributed by atoms with Crippen molar-refractivity contribution >= 4 is 11.3 Å². The molecule has 0 aliphatic heterocycles. The Bertz CT molecular complexity index is 327. The molecule has 0 fully saturated rings. The third-order valence-corrected chi connectivity index (χ3v) is 3.75. The Morgan fingerprint density at radius 1 is 1.50 bits per heavy atom. The molecule has 1 N–H and O–H groups in total. The average Bonchev–Trinajstić information content (AvgIpc) is 2.72. The lowest BCUT2D eigenvalue weighted by Crippen LogP contribution is -2.13. The summed E-state index contributed by atoms with van der Waals surface area (Å²) in [6, 6.07) is 4.46. The van der Waals surface area contributed by atoms with Crippen molar-refractivity contribution in [2.45, 2.75) is 32.2 Å². The van der Waals surface area contributed by atoms with Crippen molar-refractivity contribution in [2.75, 3.05) is 6.54 Å². The molecule has 2 rings (SSSR count). The number of fused-ring (bicyclic) bond motifs is 1. The van der Waals surface area contributed by atoms with E-state index in [2.05, 4.69) is 17.5 Å². The Balaban J connectivity index is 1.83. The molecule has 1 aliphatic rings. The minimum Gasteiger partial charge on any atom is -0.311 e. The fourth-order valence-corrected chi connectivity index (χ4v) is 3.06. The summed E-state index contributed by atoms with van der Waals surface area (Å²) in [7, 11) is 0. The number of hydrogen-bond donors (Lipinski definition) is 1. The van der Waals surface area contributed by atoms with E-state index < -0.39 is 0 Å². The van der Waals surface area contributed by atoms with E-state index in [0.29, 0.717) is 6.42 Å². The molecule has 0 amide bonds. The highest BCUT2D eigenvalue weighted by molar-refractivity contribution is 7.12. The number of nitriles is 1. The molecule has 0 radical (unpaired) electrons. The quantitative estimate of drug-likeness (QED) is 0.767. The molecule has 1 heterocycles. The molecule has 1 aromatic heterocycles. The van der Waals surface area contributed by atoms with Crippen LogP contribution in [0.25, 0.3) is 0 Å². The molecular weight excluding hydrogens is 192 g/mol. The van der Waals surface area contributed by atoms with Gasteiger partial charge in [-0.3, -0.25) is 0 Å². The number of hydrogen-bond acceptors (Lipinski definition) is 3. The van der Waals surface area contributed by atoms with Crippen molar-refractivity contribution in [1.82, 2.24) is 5.32 Å². The summed E-state index contributed by atoms with van der Waals surface area (Å²) in [6.45, 7) is 1.73. The van der Waals surface area contributed by atoms with Gasteiger partial charge in [-0.25, -0.2) is 0 Å². The minimum absolute atomic E-state index is 0.602. The van der Waals surface area contributed by atoms with Crippen molar-refractivity contribution in [3.63, 3.8) is 0 Å². The van der Waals surface area contributed by atoms with Crippen LogP contribution in [0, 0.1) is 11.3 Å². The fraction of sp³-hybridized carbons (Fsp3) is 0.545. The van der Waals surface area contributed by atoms with Crippen molar-refractivity contribution in [1.29, 1.82) is 5.26 Å². The molecule has 0 spiro atoms. The Labute approximate surface area is 88.6 Å². The summed E-state index contributed by atoms with van der Waals surface area (Å²) in [4.78, 5) is 3.01. The van der Waals surface area contributed by atoms with E-state index in [0.717, 1.165) is 13.1 Å². The smallest absolute Gasteiger partial charge is 0.0635 e. The second-order valence-corrected chi connectivity index (χ2v) is 4.82. The van der Waals surface area contributed by atoms with Crippen LogP contribution in [0.15, 0.2) is 6.07 Å². The summed E-state index contributed by atoms with van der Waals surface area (Å²) >= 11 is 1.93. The molecule has 2 nitrogen and oxygen atoms in total. The predicted molar refractivity (Wildman–Crippen MR) is 58.3 cm³/mol. The van der Waals surface area contributed by atoms with Crippen LogP contribution in [0.1, 0.15) is 28.2 Å². The molecule has 14 heavy (non-hydrogen) atoms. The highest BCUT2D eigenvalue weighted by Gasteiger charge is 2.13. The second-order valence-electron chi connectivity index (χ2n) is 3.60. The Kier molecular flexibility index (Phi) is 3.18. The summed E-state index contributed by atoms with van der Waals surface area (Å²) in [5.41, 5.74) is 1.56. The number of nitrogens with one attached hydrogen (secondary N) is 1. The Hall–Kier alpha value is -0.850. The highest BCUT2D eigenvalue weighted by Crippen LogP contribution is 2.30. The van der Waals surface area contributed by atoms with Crippen LogP contribution in [-0.4, -0.2) is 6.54 Å². The van der Waals surface area contributed by atoms with Gasteiger partial charge in [0.15, 0.2) is 0 Å². The third kappa shape index (κ3) is 2.14. The second kappa shape index (κ2) is 4.59. The van der Waals surface area contributed by atoms with Crippen molar-refractivity contribution in [2.24, 2.45) is 0 Å². The largest absolute Gasteiger partial charge is 0.311 e. The van der Waals surface area contributed by atoms with E-state index in [9.17, 15) is 0 Å². The van der Waals surface area contributed by atoms with Crippen LogP contribution in [0.2, 0.25) is 0 Å². The van der Waals surface area contributed by atoms with Gasteiger partial charge >= 0.3 is 0 Å². The van der Waals surface area contributed by atoms with Gasteiger partial charge in [-0.05, 0) is 30.9 Å². The zero-order chi connectivity index (χ0) is 9.80. The highest BCUT2D eigenvalue weighted by atomic mass is 32.1. The molecule has 1 aromatic rings. The molecule has 74 valence electrons. The zero-order valence-corrected chi connectivity index (χ0v) is 8.99. The van der Waals surface area contributed by atoms with E-state index in [1.807, 2.05) is 11.3 Å². The van der Waals surface area contributed by atoms with Crippen LogP contribution in [0.4, 0.5) is 0 Å². The van der Waals surface area contributed by atoms with Gasteiger partial charge in [0.05, 0.1) is 6.07 Å². The molecule has 0 bridgehead atoms. The van der Waals surface area contributed by atoms with Gasteiger partial charge in [-0.2, -0.15) is 5.26 Å². The molecule has 0 aromatic carbocycles. The third-order valence-electron chi connectivity index (χ3n) is 2.51. The first-order valence-corrected chi connectivity index (χ1v) is 5.90. The minimum atomic E-state index is 0.602. The van der Waals surface area contributed by atoms with E-state index in [1.165, 1.54) is 24.1 Å². The van der Waals surface area contributed by atoms with Gasteiger partial charge < -0.3 is 5.32 Å². The monoisotopic (exact) mass is 206 g/mol. The van der Waals surface area contributed by atoms with Gasteiger partial charge in [0.1, 0.15) is 0 Å². The van der Waals surface area contributed by atoms with E-state index in [1.54, 1.807) is 10.4 Å². The summed E-state index contributed by atoms with van der Waals surface area (Å²) in [6.07, 6.45) is 4.48. The first kappa shape index (κ1) is 9.70. The van der Waals surface area contributed by atoms with Gasteiger partial charge in [0, 0.05) is 29.3 Å². The molecule has 0 saturated heterocycles. The fourth-order valence-electron chi connectivity index (χ4n) is 1.83. The normalized spacial score (nSPS) is 13.9. The van der Waals surface area contributed by atoms with Crippen molar-refractivity contribution in [3.8, 4) is 6.07 Å². The molecule has 0 saturated carbocycles. The number of aryl methyl sites for hydroxylation is 2. The summed E-state index contributed by atoms with van der Waals surface area (Å²) < 4.78 is 0. The number of nitrogens with zero attached hydrogens (tertiary/aromatic N) is 1. The van der Waals surface area contributed by atoms with Gasteiger partial charge in [0.25, 0.3) is 0 Å². The maximum atomic E-state index is 8.37. The molecular formula is C11H14N2S. The predicted octanol–water partition coefficient (Wildman–Crippen LogP) is 2.24. The average molecular weight is 206 g/mol. The lowest BCUT2D eigenvalue weighted by Gasteiger charge is -1.98. The molecule has 3 heteroatoms. The molecule has 0 atom stereocenters. The van der Waals surface area contributed by atoms with E-state index >= 15 is 0 Å². The van der Waals surface area contributed by atoms with Crippen LogP contribution in [-0.2, 0) is 19.4 Å². The molecule has 0 unspecified atom stereocenters. The van der Waals surface area contributed by atoms with E-state index in [4.69, 9.17) is 5.26 Å². The zero-order valence-electron chi connectivity index (χ0n) is 8.18. The maximum Gasteiger partial charge on any atom is 0.0635 e. The van der Waals surface area contributed by atoms with Crippen LogP contribution >= 0.6 is 11.3 Å². The number of thiophene rings is 1. The van der Waals surface area contributed by atoms with Crippen molar-refractivity contribution < 1.29 is 0 Å². The Morgan fingerprint density at radius 3 is 3.21 bits per heavy atom. The van der Waals surface area contributed by atoms with Crippen LogP contribution in [0.5, 0.6) is 0 Å². The van der Waals surface area contributed by atoms with Crippen LogP contribution < -0.4 is 5.32 Å². The number of rotatable bonds is 4. The lowest BCUT2D eigenvalue weighted by atomic mass is 10.2. The van der Waals surface area contributed by atoms with Gasteiger partial charge in [0.2, 0.25) is 0 Å². The SMILES string of the molecule is N#CCCNCc1cc2c(s1)CCC2. The standard InChI is InChI=1S/C11H14N2S/c12-5-2-6-13-8-10-7-9-3-1-4-11(9)14-10/h7,13H,1-4,6,8H2. The van der Waals surface area contributed by atoms with Crippen molar-refractivity contribution in [3.05, 3.63) is 21.4 Å². The topological polar surface area (TPSA) is 35.8 Å². The molecule has 1 aliphatic carbocycles. The lowest BCUT2D eigenvalue weighted by molar-refractivity contribution is 0.705. The van der Waals surface area contributed by atoms with Gasteiger partial charge in [-0.15, -0.1) is 11.3 Å². The maximum absolute atomic E-state index is 8.37. The first-order chi connectivity index (χ1) is 6.90.